The number of amides is 1. The topological polar surface area (TPSA) is 46.3 Å². The van der Waals surface area contributed by atoms with Crippen LogP contribution in [-0.2, 0) is 6.54 Å². The van der Waals surface area contributed by atoms with Crippen molar-refractivity contribution >= 4 is 11.6 Å². The van der Waals surface area contributed by atoms with Crippen LogP contribution < -0.4 is 5.73 Å². The van der Waals surface area contributed by atoms with Crippen LogP contribution in [0.1, 0.15) is 21.5 Å². The lowest BCUT2D eigenvalue weighted by Gasteiger charge is -2.18. The smallest absolute Gasteiger partial charge is 0.256 e. The van der Waals surface area contributed by atoms with Crippen LogP contribution >= 0.6 is 0 Å². The minimum Gasteiger partial charge on any atom is -0.396 e. The fourth-order valence-corrected chi connectivity index (χ4v) is 1.97. The highest BCUT2D eigenvalue weighted by atomic mass is 19.1. The molecule has 3 nitrogen and oxygen atoms in total. The molecule has 2 aromatic rings. The van der Waals surface area contributed by atoms with Crippen LogP contribution in [0.15, 0.2) is 42.5 Å². The van der Waals surface area contributed by atoms with Gasteiger partial charge in [0.15, 0.2) is 0 Å². The van der Waals surface area contributed by atoms with Gasteiger partial charge in [-0.1, -0.05) is 35.9 Å². The lowest BCUT2D eigenvalue weighted by atomic mass is 10.1. The second-order valence-electron chi connectivity index (χ2n) is 4.85. The summed E-state index contributed by atoms with van der Waals surface area (Å²) in [4.78, 5) is 13.8. The molecule has 2 rings (SSSR count). The van der Waals surface area contributed by atoms with E-state index >= 15 is 0 Å². The van der Waals surface area contributed by atoms with E-state index in [0.29, 0.717) is 6.54 Å². The Bertz CT molecular complexity index is 623. The van der Waals surface area contributed by atoms with Gasteiger partial charge in [-0.05, 0) is 24.6 Å². The summed E-state index contributed by atoms with van der Waals surface area (Å²) in [5.41, 5.74) is 7.88. The number of hydrogen-bond acceptors (Lipinski definition) is 2. The molecule has 0 atom stereocenters. The van der Waals surface area contributed by atoms with Gasteiger partial charge in [0.25, 0.3) is 5.91 Å². The number of para-hydroxylation sites is 1. The average molecular weight is 272 g/mol. The molecular weight excluding hydrogens is 255 g/mol. The monoisotopic (exact) mass is 272 g/mol. The summed E-state index contributed by atoms with van der Waals surface area (Å²) in [5.74, 6) is -0.859. The van der Waals surface area contributed by atoms with Gasteiger partial charge in [-0.25, -0.2) is 4.39 Å². The van der Waals surface area contributed by atoms with Gasteiger partial charge in [0.05, 0.1) is 11.3 Å². The van der Waals surface area contributed by atoms with Gasteiger partial charge in [-0.3, -0.25) is 4.79 Å². The highest BCUT2D eigenvalue weighted by Crippen LogP contribution is 2.18. The van der Waals surface area contributed by atoms with E-state index in [0.717, 1.165) is 11.1 Å². The van der Waals surface area contributed by atoms with E-state index in [4.69, 9.17) is 5.73 Å². The van der Waals surface area contributed by atoms with Crippen molar-refractivity contribution in [2.45, 2.75) is 13.5 Å². The van der Waals surface area contributed by atoms with Crippen molar-refractivity contribution in [1.82, 2.24) is 4.90 Å². The first kappa shape index (κ1) is 14.1. The molecule has 0 bridgehead atoms. The molecule has 104 valence electrons. The van der Waals surface area contributed by atoms with E-state index < -0.39 is 5.82 Å². The SMILES string of the molecule is Cc1ccc(CN(C)C(=O)c2cccc(F)c2N)cc1. The third kappa shape index (κ3) is 2.96. The Labute approximate surface area is 117 Å². The molecule has 1 amide bonds. The number of aryl methyl sites for hydroxylation is 1. The van der Waals surface area contributed by atoms with Gasteiger partial charge >= 0.3 is 0 Å². The third-order valence-electron chi connectivity index (χ3n) is 3.17. The van der Waals surface area contributed by atoms with Crippen LogP contribution in [0, 0.1) is 12.7 Å². The fourth-order valence-electron chi connectivity index (χ4n) is 1.97. The number of benzene rings is 2. The number of rotatable bonds is 3. The molecule has 0 saturated carbocycles. The molecule has 2 N–H and O–H groups in total. The Balaban J connectivity index is 2.16. The molecule has 2 aromatic carbocycles. The molecule has 0 fully saturated rings. The van der Waals surface area contributed by atoms with Crippen molar-refractivity contribution in [3.05, 3.63) is 65.0 Å². The maximum atomic E-state index is 13.4. The number of anilines is 1. The van der Waals surface area contributed by atoms with Gasteiger partial charge in [-0.2, -0.15) is 0 Å². The van der Waals surface area contributed by atoms with E-state index in [1.54, 1.807) is 7.05 Å². The highest BCUT2D eigenvalue weighted by Gasteiger charge is 2.16. The quantitative estimate of drug-likeness (QED) is 0.873. The normalized spacial score (nSPS) is 10.3. The van der Waals surface area contributed by atoms with Crippen LogP contribution in [0.2, 0.25) is 0 Å². The van der Waals surface area contributed by atoms with Crippen LogP contribution in [-0.4, -0.2) is 17.9 Å². The number of nitrogens with zero attached hydrogens (tertiary/aromatic N) is 1. The van der Waals surface area contributed by atoms with Crippen LogP contribution in [0.5, 0.6) is 0 Å². The number of hydrogen-bond donors (Lipinski definition) is 1. The van der Waals surface area contributed by atoms with Crippen molar-refractivity contribution in [3.63, 3.8) is 0 Å². The zero-order valence-electron chi connectivity index (χ0n) is 11.6. The molecule has 0 saturated heterocycles. The van der Waals surface area contributed by atoms with Crippen molar-refractivity contribution in [3.8, 4) is 0 Å². The number of carbonyl (C=O) groups is 1. The summed E-state index contributed by atoms with van der Waals surface area (Å²) in [7, 11) is 1.67. The first-order chi connectivity index (χ1) is 9.49. The molecule has 20 heavy (non-hydrogen) atoms. The minimum absolute atomic E-state index is 0.103. The molecule has 0 aliphatic heterocycles. The maximum Gasteiger partial charge on any atom is 0.256 e. The minimum atomic E-state index is -0.570. The lowest BCUT2D eigenvalue weighted by molar-refractivity contribution is 0.0785. The summed E-state index contributed by atoms with van der Waals surface area (Å²) in [6.45, 7) is 2.46. The summed E-state index contributed by atoms with van der Waals surface area (Å²) >= 11 is 0. The third-order valence-corrected chi connectivity index (χ3v) is 3.17. The summed E-state index contributed by atoms with van der Waals surface area (Å²) < 4.78 is 13.4. The Kier molecular flexibility index (Phi) is 4.03. The van der Waals surface area contributed by atoms with Gasteiger partial charge in [0.1, 0.15) is 5.82 Å². The zero-order valence-corrected chi connectivity index (χ0v) is 11.6. The van der Waals surface area contributed by atoms with E-state index in [9.17, 15) is 9.18 Å². The zero-order chi connectivity index (χ0) is 14.7. The number of halogens is 1. The van der Waals surface area contributed by atoms with Crippen molar-refractivity contribution in [2.75, 3.05) is 12.8 Å². The van der Waals surface area contributed by atoms with E-state index in [1.165, 1.54) is 23.1 Å². The van der Waals surface area contributed by atoms with Crippen molar-refractivity contribution < 1.29 is 9.18 Å². The molecular formula is C16H17FN2O. The molecule has 0 spiro atoms. The van der Waals surface area contributed by atoms with E-state index in [1.807, 2.05) is 31.2 Å². The number of nitrogens with two attached hydrogens (primary N) is 1. The molecule has 0 heterocycles. The van der Waals surface area contributed by atoms with Crippen molar-refractivity contribution in [1.29, 1.82) is 0 Å². The van der Waals surface area contributed by atoms with Crippen LogP contribution in [0.3, 0.4) is 0 Å². The summed E-state index contributed by atoms with van der Waals surface area (Å²) in [6, 6.07) is 12.2. The molecule has 0 aromatic heterocycles. The molecule has 0 unspecified atom stereocenters. The Hall–Kier alpha value is -2.36. The van der Waals surface area contributed by atoms with E-state index in [-0.39, 0.29) is 17.2 Å². The highest BCUT2D eigenvalue weighted by molar-refractivity contribution is 5.99. The predicted octanol–water partition coefficient (Wildman–Crippen LogP) is 2.99. The van der Waals surface area contributed by atoms with E-state index in [2.05, 4.69) is 0 Å². The van der Waals surface area contributed by atoms with Crippen molar-refractivity contribution in [2.24, 2.45) is 0 Å². The Morgan fingerprint density at radius 1 is 1.20 bits per heavy atom. The number of carbonyl (C=O) groups excluding carboxylic acids is 1. The average Bonchev–Trinajstić information content (AvgIpc) is 2.43. The van der Waals surface area contributed by atoms with Gasteiger partial charge < -0.3 is 10.6 Å². The van der Waals surface area contributed by atoms with Gasteiger partial charge in [-0.15, -0.1) is 0 Å². The molecule has 0 aliphatic carbocycles. The molecule has 4 heteroatoms. The molecule has 0 radical (unpaired) electrons. The predicted molar refractivity (Wildman–Crippen MR) is 77.8 cm³/mol. The molecule has 0 aliphatic rings. The van der Waals surface area contributed by atoms with Crippen LogP contribution in [0.25, 0.3) is 0 Å². The van der Waals surface area contributed by atoms with Gasteiger partial charge in [0, 0.05) is 13.6 Å². The van der Waals surface area contributed by atoms with Crippen LogP contribution in [0.4, 0.5) is 10.1 Å². The fraction of sp³-hybridized carbons (Fsp3) is 0.188. The summed E-state index contributed by atoms with van der Waals surface area (Å²) in [6.07, 6.45) is 0. The second-order valence-corrected chi connectivity index (χ2v) is 4.85. The Morgan fingerprint density at radius 3 is 2.50 bits per heavy atom. The first-order valence-corrected chi connectivity index (χ1v) is 6.34. The summed E-state index contributed by atoms with van der Waals surface area (Å²) in [5, 5.41) is 0. The maximum absolute atomic E-state index is 13.4. The Morgan fingerprint density at radius 2 is 1.85 bits per heavy atom. The largest absolute Gasteiger partial charge is 0.396 e. The second kappa shape index (κ2) is 5.74. The first-order valence-electron chi connectivity index (χ1n) is 6.34. The lowest BCUT2D eigenvalue weighted by Crippen LogP contribution is -2.27. The standard InChI is InChI=1S/C16H17FN2O/c1-11-6-8-12(9-7-11)10-19(2)16(20)13-4-3-5-14(17)15(13)18/h3-9H,10,18H2,1-2H3. The van der Waals surface area contributed by atoms with Gasteiger partial charge in [0.2, 0.25) is 0 Å². The number of nitrogen functional groups attached to an aromatic ring is 1.